The summed E-state index contributed by atoms with van der Waals surface area (Å²) in [5.41, 5.74) is 19.5. The largest absolute Gasteiger partial charge is 0.311 e. The Kier molecular flexibility index (Phi) is 9.70. The van der Waals surface area contributed by atoms with Crippen LogP contribution in [0.25, 0.3) is 55.3 Å². The highest BCUT2D eigenvalue weighted by Crippen LogP contribution is 2.51. The van der Waals surface area contributed by atoms with Gasteiger partial charge in [-0.05, 0) is 146 Å². The van der Waals surface area contributed by atoms with Crippen LogP contribution < -0.4 is 9.80 Å². The number of nitrogens with zero attached hydrogens (tertiary/aromatic N) is 2. The van der Waals surface area contributed by atoms with Crippen LogP contribution in [0, 0.1) is 0 Å². The number of hydrogen-bond donors (Lipinski definition) is 0. The van der Waals surface area contributed by atoms with E-state index in [1.807, 2.05) is 0 Å². The van der Waals surface area contributed by atoms with Gasteiger partial charge in [0.1, 0.15) is 0 Å². The second-order valence-electron chi connectivity index (χ2n) is 17.2. The van der Waals surface area contributed by atoms with E-state index in [0.29, 0.717) is 0 Å². The summed E-state index contributed by atoms with van der Waals surface area (Å²) in [5, 5.41) is 2.48. The van der Waals surface area contributed by atoms with Crippen molar-refractivity contribution < 1.29 is 0 Å². The molecule has 302 valence electrons. The number of allylic oxidation sites excluding steroid dienone is 3. The Labute approximate surface area is 371 Å². The van der Waals surface area contributed by atoms with Crippen molar-refractivity contribution in [2.45, 2.75) is 32.1 Å². The number of hydrogen-bond acceptors (Lipinski definition) is 2. The maximum atomic E-state index is 2.40. The highest BCUT2D eigenvalue weighted by atomic mass is 15.1. The van der Waals surface area contributed by atoms with E-state index in [1.54, 1.807) is 0 Å². The molecular formula is C61H48N2. The second-order valence-corrected chi connectivity index (χ2v) is 17.2. The van der Waals surface area contributed by atoms with E-state index < -0.39 is 0 Å². The molecule has 0 saturated carbocycles. The van der Waals surface area contributed by atoms with E-state index in [-0.39, 0.29) is 5.41 Å². The maximum Gasteiger partial charge on any atom is 0.0465 e. The number of anilines is 5. The van der Waals surface area contributed by atoms with Gasteiger partial charge in [0, 0.05) is 39.5 Å². The molecule has 9 aromatic carbocycles. The zero-order valence-corrected chi connectivity index (χ0v) is 35.7. The maximum absolute atomic E-state index is 2.40. The van der Waals surface area contributed by atoms with Crippen LogP contribution in [0.2, 0.25) is 0 Å². The van der Waals surface area contributed by atoms with Crippen molar-refractivity contribution in [3.63, 3.8) is 0 Å². The van der Waals surface area contributed by atoms with Gasteiger partial charge in [-0.15, -0.1) is 0 Å². The van der Waals surface area contributed by atoms with E-state index in [9.17, 15) is 0 Å². The third kappa shape index (κ3) is 6.95. The smallest absolute Gasteiger partial charge is 0.0465 e. The van der Waals surface area contributed by atoms with Crippen molar-refractivity contribution in [2.24, 2.45) is 0 Å². The monoisotopic (exact) mass is 808 g/mol. The van der Waals surface area contributed by atoms with Crippen LogP contribution in [-0.2, 0) is 5.41 Å². The Morgan fingerprint density at radius 3 is 1.48 bits per heavy atom. The van der Waals surface area contributed by atoms with Crippen molar-refractivity contribution in [3.05, 3.63) is 247 Å². The van der Waals surface area contributed by atoms with E-state index in [4.69, 9.17) is 0 Å². The molecule has 0 heterocycles. The van der Waals surface area contributed by atoms with Crippen molar-refractivity contribution in [3.8, 4) is 44.5 Å². The fourth-order valence-electron chi connectivity index (χ4n) is 9.90. The van der Waals surface area contributed by atoms with Gasteiger partial charge in [0.2, 0.25) is 0 Å². The van der Waals surface area contributed by atoms with E-state index >= 15 is 0 Å². The minimum absolute atomic E-state index is 0.0840. The molecule has 0 amide bonds. The first-order valence-corrected chi connectivity index (χ1v) is 22.2. The zero-order chi connectivity index (χ0) is 42.3. The summed E-state index contributed by atoms with van der Waals surface area (Å²) < 4.78 is 0. The van der Waals surface area contributed by atoms with Gasteiger partial charge in [-0.2, -0.15) is 0 Å². The molecule has 0 N–H and O–H groups in total. The fourth-order valence-corrected chi connectivity index (χ4v) is 9.90. The van der Waals surface area contributed by atoms with Gasteiger partial charge in [-0.1, -0.05) is 178 Å². The Morgan fingerprint density at radius 1 is 0.365 bits per heavy atom. The average Bonchev–Trinajstić information content (AvgIpc) is 3.58. The number of para-hydroxylation sites is 1. The minimum Gasteiger partial charge on any atom is -0.311 e. The highest BCUT2D eigenvalue weighted by Gasteiger charge is 2.35. The molecule has 2 nitrogen and oxygen atoms in total. The molecule has 0 bridgehead atoms. The first-order valence-electron chi connectivity index (χ1n) is 22.2. The third-order valence-electron chi connectivity index (χ3n) is 13.1. The first kappa shape index (κ1) is 38.3. The molecule has 2 aliphatic rings. The number of fused-ring (bicyclic) bond motifs is 4. The summed E-state index contributed by atoms with van der Waals surface area (Å²) in [6.45, 7) is 4.70. The Bertz CT molecular complexity index is 3150. The summed E-state index contributed by atoms with van der Waals surface area (Å²) >= 11 is 0. The summed E-state index contributed by atoms with van der Waals surface area (Å²) in [5.74, 6) is 0. The standard InChI is InChI=1S/C61H48N2/c1-61(2)58-27-13-12-24-56(58)57-41-40-53(42-59(57)61)63(49-22-10-5-11-23-49)52-38-32-46(33-39-52)55-26-15-19-47-18-14-25-54(60(47)55)45-30-36-51(37-31-45)62(48-20-8-4-9-21-48)50-34-28-44(29-35-50)43-16-6-3-7-17-43/h3,5-8,10-42H,4,9H2,1-2H3. The number of benzene rings is 9. The summed E-state index contributed by atoms with van der Waals surface area (Å²) in [7, 11) is 0. The molecule has 0 radical (unpaired) electrons. The normalized spacial score (nSPS) is 13.6. The highest BCUT2D eigenvalue weighted by molar-refractivity contribution is 6.06. The molecular weight excluding hydrogens is 761 g/mol. The lowest BCUT2D eigenvalue weighted by Gasteiger charge is -2.28. The topological polar surface area (TPSA) is 6.48 Å². The van der Waals surface area contributed by atoms with E-state index in [1.165, 1.54) is 72.1 Å². The van der Waals surface area contributed by atoms with Gasteiger partial charge in [0.25, 0.3) is 0 Å². The Morgan fingerprint density at radius 2 is 0.857 bits per heavy atom. The number of rotatable bonds is 9. The molecule has 63 heavy (non-hydrogen) atoms. The lowest BCUT2D eigenvalue weighted by molar-refractivity contribution is 0.660. The van der Waals surface area contributed by atoms with Gasteiger partial charge >= 0.3 is 0 Å². The summed E-state index contributed by atoms with van der Waals surface area (Å²) in [6.07, 6.45) is 9.00. The lowest BCUT2D eigenvalue weighted by Crippen LogP contribution is -2.16. The van der Waals surface area contributed by atoms with Crippen LogP contribution in [0.15, 0.2) is 236 Å². The first-order chi connectivity index (χ1) is 31.0. The predicted octanol–water partition coefficient (Wildman–Crippen LogP) is 17.0. The molecule has 0 fully saturated rings. The fraction of sp³-hybridized carbons (Fsp3) is 0.0820. The molecule has 0 spiro atoms. The molecule has 0 aromatic heterocycles. The molecule has 0 saturated heterocycles. The molecule has 2 aliphatic carbocycles. The molecule has 11 rings (SSSR count). The Balaban J connectivity index is 0.942. The van der Waals surface area contributed by atoms with Gasteiger partial charge in [-0.3, -0.25) is 0 Å². The molecule has 0 atom stereocenters. The summed E-state index contributed by atoms with van der Waals surface area (Å²) in [6, 6.07) is 77.8. The molecule has 0 aliphatic heterocycles. The molecule has 2 heteroatoms. The van der Waals surface area contributed by atoms with Gasteiger partial charge in [-0.25, -0.2) is 0 Å². The summed E-state index contributed by atoms with van der Waals surface area (Å²) in [4.78, 5) is 4.77. The van der Waals surface area contributed by atoms with Crippen LogP contribution in [0.1, 0.15) is 37.8 Å². The van der Waals surface area contributed by atoms with Gasteiger partial charge in [0.15, 0.2) is 0 Å². The van der Waals surface area contributed by atoms with E-state index in [0.717, 1.165) is 41.3 Å². The quantitative estimate of drug-likeness (QED) is 0.143. The minimum atomic E-state index is -0.0840. The molecule has 9 aromatic rings. The van der Waals surface area contributed by atoms with Crippen molar-refractivity contribution in [2.75, 3.05) is 9.80 Å². The van der Waals surface area contributed by atoms with Crippen LogP contribution in [-0.4, -0.2) is 0 Å². The predicted molar refractivity (Wildman–Crippen MR) is 268 cm³/mol. The lowest BCUT2D eigenvalue weighted by atomic mass is 9.82. The van der Waals surface area contributed by atoms with E-state index in [2.05, 4.69) is 254 Å². The van der Waals surface area contributed by atoms with Gasteiger partial charge < -0.3 is 9.80 Å². The van der Waals surface area contributed by atoms with Crippen molar-refractivity contribution in [1.29, 1.82) is 0 Å². The van der Waals surface area contributed by atoms with Crippen LogP contribution >= 0.6 is 0 Å². The van der Waals surface area contributed by atoms with Crippen LogP contribution in [0.3, 0.4) is 0 Å². The SMILES string of the molecule is CC1(C)c2ccccc2-c2ccc(N(c3ccccc3)c3ccc(-c4cccc5cccc(-c6ccc(N(C7=CCCC=C7)c7ccc(-c8ccccc8)cc7)cc6)c45)cc3)cc21. The molecule has 0 unspecified atom stereocenters. The third-order valence-corrected chi connectivity index (χ3v) is 13.1. The van der Waals surface area contributed by atoms with Crippen LogP contribution in [0.4, 0.5) is 28.4 Å². The Hall–Kier alpha value is -7.68. The zero-order valence-electron chi connectivity index (χ0n) is 35.7. The second kappa shape index (κ2) is 16.0. The average molecular weight is 809 g/mol. The van der Waals surface area contributed by atoms with Crippen molar-refractivity contribution >= 4 is 39.2 Å². The van der Waals surface area contributed by atoms with Crippen LogP contribution in [0.5, 0.6) is 0 Å². The van der Waals surface area contributed by atoms with Crippen molar-refractivity contribution in [1.82, 2.24) is 0 Å². The van der Waals surface area contributed by atoms with Gasteiger partial charge in [0.05, 0.1) is 0 Å².